The van der Waals surface area contributed by atoms with E-state index in [1.165, 1.54) is 30.6 Å². The summed E-state index contributed by atoms with van der Waals surface area (Å²) in [5, 5.41) is 6.12. The summed E-state index contributed by atoms with van der Waals surface area (Å²) < 4.78 is 0. The van der Waals surface area contributed by atoms with Crippen molar-refractivity contribution in [2.45, 2.75) is 32.6 Å². The van der Waals surface area contributed by atoms with Crippen LogP contribution in [-0.4, -0.2) is 0 Å². The third-order valence-electron chi connectivity index (χ3n) is 1.61. The maximum Gasteiger partial charge on any atom is 0.0366 e. The molecule has 1 heterocycles. The minimum atomic E-state index is 1.20. The summed E-state index contributed by atoms with van der Waals surface area (Å²) in [4.78, 5) is 1.40. The summed E-state index contributed by atoms with van der Waals surface area (Å²) >= 11 is 1.80. The lowest BCUT2D eigenvalue weighted by molar-refractivity contribution is 0.724. The highest BCUT2D eigenvalue weighted by Gasteiger charge is 1.98. The van der Waals surface area contributed by atoms with Gasteiger partial charge in [0.15, 0.2) is 0 Å². The molecule has 0 bridgehead atoms. The molecule has 1 aliphatic heterocycles. The van der Waals surface area contributed by atoms with Crippen molar-refractivity contribution in [3.05, 3.63) is 22.7 Å². The molecule has 0 saturated heterocycles. The van der Waals surface area contributed by atoms with Crippen LogP contribution in [0, 0.1) is 0 Å². The second kappa shape index (κ2) is 5.30. The molecule has 0 fully saturated rings. The van der Waals surface area contributed by atoms with Crippen LogP contribution in [0.4, 0.5) is 0 Å². The van der Waals surface area contributed by atoms with Gasteiger partial charge in [0.05, 0.1) is 0 Å². The number of hydrogen-bond acceptors (Lipinski definition) is 1. The highest BCUT2D eigenvalue weighted by Crippen LogP contribution is 2.24. The second-order valence-corrected chi connectivity index (χ2v) is 3.64. The molecule has 0 atom stereocenters. The van der Waals surface area contributed by atoms with Gasteiger partial charge < -0.3 is 0 Å². The predicted molar refractivity (Wildman–Crippen MR) is 51.1 cm³/mol. The minimum Gasteiger partial charge on any atom is -0.263 e. The van der Waals surface area contributed by atoms with Crippen molar-refractivity contribution in [3.63, 3.8) is 0 Å². The van der Waals surface area contributed by atoms with Crippen LogP contribution in [-0.2, 0) is 0 Å². The molecule has 2 heteroatoms. The first-order valence-electron chi connectivity index (χ1n) is 4.14. The van der Waals surface area contributed by atoms with E-state index < -0.39 is 0 Å². The van der Waals surface area contributed by atoms with Crippen LogP contribution < -0.4 is 5.32 Å². The van der Waals surface area contributed by atoms with E-state index in [1.807, 2.05) is 17.8 Å². The zero-order valence-corrected chi connectivity index (χ0v) is 7.73. The quantitative estimate of drug-likeness (QED) is 0.588. The highest BCUT2D eigenvalue weighted by atomic mass is 32.2. The summed E-state index contributed by atoms with van der Waals surface area (Å²) in [6.45, 7) is 2.23. The lowest BCUT2D eigenvalue weighted by Crippen LogP contribution is -1.90. The zero-order valence-electron chi connectivity index (χ0n) is 6.92. The van der Waals surface area contributed by atoms with Crippen LogP contribution >= 0.6 is 11.8 Å². The fourth-order valence-electron chi connectivity index (χ4n) is 0.982. The lowest BCUT2D eigenvalue weighted by atomic mass is 10.2. The van der Waals surface area contributed by atoms with Crippen molar-refractivity contribution in [1.82, 2.24) is 5.32 Å². The van der Waals surface area contributed by atoms with Gasteiger partial charge >= 0.3 is 0 Å². The van der Waals surface area contributed by atoms with Gasteiger partial charge in [0.1, 0.15) is 0 Å². The topological polar surface area (TPSA) is 14.1 Å². The van der Waals surface area contributed by atoms with Crippen molar-refractivity contribution in [2.75, 3.05) is 0 Å². The molecule has 0 amide bonds. The first kappa shape index (κ1) is 8.72. The Morgan fingerprint density at radius 3 is 3.00 bits per heavy atom. The SMILES string of the molecule is CCCCCC1=C[N]C=CS1. The zero-order chi connectivity index (χ0) is 7.94. The van der Waals surface area contributed by atoms with E-state index in [1.54, 1.807) is 11.8 Å². The molecule has 0 N–H and O–H groups in total. The van der Waals surface area contributed by atoms with E-state index >= 15 is 0 Å². The maximum absolute atomic E-state index is 4.07. The molecule has 0 unspecified atom stereocenters. The Balaban J connectivity index is 2.11. The smallest absolute Gasteiger partial charge is 0.0366 e. The average Bonchev–Trinajstić information content (AvgIpc) is 2.07. The van der Waals surface area contributed by atoms with Gasteiger partial charge in [-0.25, -0.2) is 0 Å². The molecule has 0 spiro atoms. The third kappa shape index (κ3) is 3.51. The Hall–Kier alpha value is -0.370. The molecule has 0 aliphatic carbocycles. The Morgan fingerprint density at radius 1 is 1.45 bits per heavy atom. The Kier molecular flexibility index (Phi) is 4.21. The molecule has 0 aromatic heterocycles. The largest absolute Gasteiger partial charge is 0.263 e. The molecule has 61 valence electrons. The van der Waals surface area contributed by atoms with Gasteiger partial charge in [0.2, 0.25) is 0 Å². The van der Waals surface area contributed by atoms with Crippen LogP contribution in [0.2, 0.25) is 0 Å². The fraction of sp³-hybridized carbons (Fsp3) is 0.556. The number of rotatable bonds is 4. The summed E-state index contributed by atoms with van der Waals surface area (Å²) in [5.41, 5.74) is 0. The summed E-state index contributed by atoms with van der Waals surface area (Å²) in [5.74, 6) is 0. The van der Waals surface area contributed by atoms with Crippen molar-refractivity contribution in [1.29, 1.82) is 0 Å². The average molecular weight is 168 g/mol. The monoisotopic (exact) mass is 168 g/mol. The second-order valence-electron chi connectivity index (χ2n) is 2.60. The molecular formula is C9H14NS. The molecule has 1 aliphatic rings. The van der Waals surface area contributed by atoms with E-state index in [0.717, 1.165) is 0 Å². The minimum absolute atomic E-state index is 1.20. The molecule has 0 saturated carbocycles. The summed E-state index contributed by atoms with van der Waals surface area (Å²) in [6.07, 6.45) is 8.95. The van der Waals surface area contributed by atoms with E-state index in [4.69, 9.17) is 0 Å². The van der Waals surface area contributed by atoms with E-state index in [-0.39, 0.29) is 0 Å². The molecule has 11 heavy (non-hydrogen) atoms. The van der Waals surface area contributed by atoms with E-state index in [0.29, 0.717) is 0 Å². The number of hydrogen-bond donors (Lipinski definition) is 0. The molecule has 1 rings (SSSR count). The number of nitrogens with zero attached hydrogens (tertiary/aromatic N) is 1. The van der Waals surface area contributed by atoms with Gasteiger partial charge in [0.25, 0.3) is 0 Å². The van der Waals surface area contributed by atoms with Crippen molar-refractivity contribution in [2.24, 2.45) is 0 Å². The van der Waals surface area contributed by atoms with Gasteiger partial charge in [-0.3, -0.25) is 5.32 Å². The van der Waals surface area contributed by atoms with Crippen molar-refractivity contribution >= 4 is 11.8 Å². The lowest BCUT2D eigenvalue weighted by Gasteiger charge is -2.05. The van der Waals surface area contributed by atoms with Crippen LogP contribution in [0.3, 0.4) is 0 Å². The van der Waals surface area contributed by atoms with Crippen LogP contribution in [0.5, 0.6) is 0 Å². The normalized spacial score (nSPS) is 15.9. The van der Waals surface area contributed by atoms with Gasteiger partial charge in [0, 0.05) is 17.3 Å². The van der Waals surface area contributed by atoms with Crippen LogP contribution in [0.1, 0.15) is 32.6 Å². The van der Waals surface area contributed by atoms with E-state index in [9.17, 15) is 0 Å². The predicted octanol–water partition coefficient (Wildman–Crippen LogP) is 3.23. The number of unbranched alkanes of at least 4 members (excludes halogenated alkanes) is 2. The van der Waals surface area contributed by atoms with Crippen molar-refractivity contribution in [3.8, 4) is 0 Å². The Bertz CT molecular complexity index is 161. The van der Waals surface area contributed by atoms with Gasteiger partial charge in [-0.1, -0.05) is 31.5 Å². The molecule has 1 radical (unpaired) electrons. The standard InChI is InChI=1S/C9H14NS/c1-2-3-4-5-9-8-10-6-7-11-9/h6-8H,2-5H2,1H3. The first-order valence-corrected chi connectivity index (χ1v) is 5.02. The Labute approximate surface area is 72.9 Å². The molecule has 1 nitrogen and oxygen atoms in total. The van der Waals surface area contributed by atoms with Crippen LogP contribution in [0.15, 0.2) is 22.7 Å². The summed E-state index contributed by atoms with van der Waals surface area (Å²) in [6, 6.07) is 0. The molecule has 0 aromatic rings. The first-order chi connectivity index (χ1) is 5.43. The molecule has 0 aromatic carbocycles. The van der Waals surface area contributed by atoms with Crippen molar-refractivity contribution < 1.29 is 0 Å². The van der Waals surface area contributed by atoms with Gasteiger partial charge in [-0.05, 0) is 18.2 Å². The van der Waals surface area contributed by atoms with Crippen LogP contribution in [0.25, 0.3) is 0 Å². The maximum atomic E-state index is 4.07. The van der Waals surface area contributed by atoms with Gasteiger partial charge in [-0.2, -0.15) is 0 Å². The summed E-state index contributed by atoms with van der Waals surface area (Å²) in [7, 11) is 0. The van der Waals surface area contributed by atoms with Gasteiger partial charge in [-0.15, -0.1) is 0 Å². The fourth-order valence-corrected chi connectivity index (χ4v) is 1.67. The number of thioether (sulfide) groups is 1. The highest BCUT2D eigenvalue weighted by molar-refractivity contribution is 8.05. The number of allylic oxidation sites excluding steroid dienone is 1. The Morgan fingerprint density at radius 2 is 2.36 bits per heavy atom. The third-order valence-corrected chi connectivity index (χ3v) is 2.48. The molecular weight excluding hydrogens is 154 g/mol. The van der Waals surface area contributed by atoms with E-state index in [2.05, 4.69) is 12.2 Å².